The first kappa shape index (κ1) is 21.9. The largest absolute Gasteiger partial charge is 4.00 e. The van der Waals surface area contributed by atoms with Crippen molar-refractivity contribution in [3.8, 4) is 0 Å². The van der Waals surface area contributed by atoms with Crippen molar-refractivity contribution in [2.45, 2.75) is 0 Å². The van der Waals surface area contributed by atoms with Gasteiger partial charge in [0.05, 0.1) is 0 Å². The molecule has 88 valence electrons. The molecule has 2 aromatic rings. The van der Waals surface area contributed by atoms with Crippen LogP contribution in [0.5, 0.6) is 0 Å². The maximum Gasteiger partial charge on any atom is 4.00 e. The minimum absolute atomic E-state index is 0. The fourth-order valence-electron chi connectivity index (χ4n) is 0.956. The predicted molar refractivity (Wildman–Crippen MR) is 61.8 cm³/mol. The Morgan fingerprint density at radius 3 is 0.882 bits per heavy atom. The van der Waals surface area contributed by atoms with Crippen LogP contribution in [-0.4, -0.2) is 0 Å². The summed E-state index contributed by atoms with van der Waals surface area (Å²) in [6.45, 7) is 7.44. The van der Waals surface area contributed by atoms with E-state index in [0.717, 1.165) is 11.1 Å². The summed E-state index contributed by atoms with van der Waals surface area (Å²) < 4.78 is 0. The molecule has 0 fully saturated rings. The summed E-state index contributed by atoms with van der Waals surface area (Å²) in [4.78, 5) is 0. The molecule has 0 N–H and O–H groups in total. The smallest absolute Gasteiger partial charge is 1.00 e. The average Bonchev–Trinajstić information content (AvgIpc) is 2.21. The van der Waals surface area contributed by atoms with Crippen molar-refractivity contribution in [2.75, 3.05) is 0 Å². The standard InChI is InChI=1S/2C7H7.2ClH.Hf/c2*1-7-5-3-2-4-6-7;;;/h2*2-6H,1H2;2*1H;/q2*-1;;;+4/p-2. The Bertz CT molecular complexity index is 312. The monoisotopic (exact) mass is 432 g/mol. The zero-order valence-electron chi connectivity index (χ0n) is 9.44. The van der Waals surface area contributed by atoms with E-state index < -0.39 is 0 Å². The predicted octanol–water partition coefficient (Wildman–Crippen LogP) is -2.26. The van der Waals surface area contributed by atoms with Gasteiger partial charge in [0.1, 0.15) is 0 Å². The van der Waals surface area contributed by atoms with E-state index in [1.54, 1.807) is 0 Å². The van der Waals surface area contributed by atoms with Crippen molar-refractivity contribution in [1.82, 2.24) is 0 Å². The maximum atomic E-state index is 3.72. The van der Waals surface area contributed by atoms with Crippen LogP contribution in [0.2, 0.25) is 0 Å². The molecule has 2 rings (SSSR count). The molecular formula is C14H14Cl2Hf. The van der Waals surface area contributed by atoms with Gasteiger partial charge in [0.25, 0.3) is 0 Å². The Morgan fingerprint density at radius 2 is 0.765 bits per heavy atom. The number of halogens is 2. The summed E-state index contributed by atoms with van der Waals surface area (Å²) in [7, 11) is 0. The van der Waals surface area contributed by atoms with Gasteiger partial charge < -0.3 is 24.8 Å². The molecule has 17 heavy (non-hydrogen) atoms. The van der Waals surface area contributed by atoms with Crippen molar-refractivity contribution >= 4 is 0 Å². The molecule has 0 aliphatic carbocycles. The van der Waals surface area contributed by atoms with Crippen molar-refractivity contribution in [2.24, 2.45) is 0 Å². The van der Waals surface area contributed by atoms with Crippen LogP contribution in [0.1, 0.15) is 11.1 Å². The van der Waals surface area contributed by atoms with Crippen LogP contribution >= 0.6 is 0 Å². The van der Waals surface area contributed by atoms with Gasteiger partial charge in [0, 0.05) is 0 Å². The SMILES string of the molecule is [CH2-]c1ccccc1.[CH2-]c1ccccc1.[Cl-].[Cl-].[Hf+4]. The number of rotatable bonds is 0. The minimum atomic E-state index is 0. The van der Waals surface area contributed by atoms with Crippen LogP contribution in [-0.2, 0) is 25.8 Å². The van der Waals surface area contributed by atoms with Gasteiger partial charge in [-0.2, -0.15) is 49.2 Å². The average molecular weight is 432 g/mol. The second kappa shape index (κ2) is 13.7. The van der Waals surface area contributed by atoms with E-state index in [1.807, 2.05) is 60.7 Å². The molecule has 0 aromatic heterocycles. The Morgan fingerprint density at radius 1 is 0.529 bits per heavy atom. The molecule has 0 saturated carbocycles. The number of hydrogen-bond donors (Lipinski definition) is 0. The van der Waals surface area contributed by atoms with Crippen LogP contribution < -0.4 is 24.8 Å². The molecule has 0 atom stereocenters. The molecule has 0 unspecified atom stereocenters. The molecule has 0 aliphatic heterocycles. The Labute approximate surface area is 135 Å². The van der Waals surface area contributed by atoms with E-state index in [9.17, 15) is 0 Å². The van der Waals surface area contributed by atoms with E-state index in [1.165, 1.54) is 0 Å². The van der Waals surface area contributed by atoms with Crippen LogP contribution in [0.4, 0.5) is 0 Å². The third-order valence-corrected chi connectivity index (χ3v) is 1.69. The Kier molecular flexibility index (Phi) is 17.6. The summed E-state index contributed by atoms with van der Waals surface area (Å²) in [5, 5.41) is 0. The van der Waals surface area contributed by atoms with Gasteiger partial charge in [0.2, 0.25) is 0 Å². The first-order chi connectivity index (χ1) is 6.79. The van der Waals surface area contributed by atoms with Crippen molar-refractivity contribution in [3.05, 3.63) is 85.6 Å². The van der Waals surface area contributed by atoms with E-state index >= 15 is 0 Å². The zero-order chi connectivity index (χ0) is 10.2. The van der Waals surface area contributed by atoms with Crippen LogP contribution in [0.15, 0.2) is 60.7 Å². The second-order valence-corrected chi connectivity index (χ2v) is 2.97. The molecule has 0 saturated heterocycles. The summed E-state index contributed by atoms with van der Waals surface area (Å²) in [5.41, 5.74) is 2.14. The van der Waals surface area contributed by atoms with Crippen LogP contribution in [0.25, 0.3) is 0 Å². The summed E-state index contributed by atoms with van der Waals surface area (Å²) in [6.07, 6.45) is 0. The molecule has 0 bridgehead atoms. The van der Waals surface area contributed by atoms with E-state index in [0.29, 0.717) is 0 Å². The maximum absolute atomic E-state index is 3.72. The van der Waals surface area contributed by atoms with Gasteiger partial charge in [-0.1, -0.05) is 12.1 Å². The summed E-state index contributed by atoms with van der Waals surface area (Å²) in [6, 6.07) is 19.7. The quantitative estimate of drug-likeness (QED) is 0.326. The summed E-state index contributed by atoms with van der Waals surface area (Å²) >= 11 is 0. The van der Waals surface area contributed by atoms with Gasteiger partial charge in [-0.25, -0.2) is 0 Å². The van der Waals surface area contributed by atoms with Crippen molar-refractivity contribution in [1.29, 1.82) is 0 Å². The molecule has 0 nitrogen and oxygen atoms in total. The Hall–Kier alpha value is -0.370. The van der Waals surface area contributed by atoms with Crippen LogP contribution in [0.3, 0.4) is 0 Å². The first-order valence-electron chi connectivity index (χ1n) is 4.53. The van der Waals surface area contributed by atoms with Crippen molar-refractivity contribution < 1.29 is 50.7 Å². The van der Waals surface area contributed by atoms with Gasteiger partial charge in [0.15, 0.2) is 0 Å². The Balaban J connectivity index is -0.000000196. The molecule has 0 aliphatic rings. The van der Waals surface area contributed by atoms with Crippen molar-refractivity contribution in [3.63, 3.8) is 0 Å². The molecule has 0 spiro atoms. The minimum Gasteiger partial charge on any atom is -1.00 e. The fourth-order valence-corrected chi connectivity index (χ4v) is 0.956. The molecule has 0 heterocycles. The molecule has 3 heteroatoms. The van der Waals surface area contributed by atoms with Gasteiger partial charge in [-0.15, -0.1) is 24.3 Å². The molecular weight excluding hydrogens is 418 g/mol. The third kappa shape index (κ3) is 11.9. The molecule has 0 amide bonds. The third-order valence-electron chi connectivity index (χ3n) is 1.69. The summed E-state index contributed by atoms with van der Waals surface area (Å²) in [5.74, 6) is 0. The van der Waals surface area contributed by atoms with Gasteiger partial charge >= 0.3 is 25.8 Å². The normalized spacial score (nSPS) is 7.06. The zero-order valence-corrected chi connectivity index (χ0v) is 14.5. The fraction of sp³-hybridized carbons (Fsp3) is 0. The van der Waals surface area contributed by atoms with Crippen LogP contribution in [0, 0.1) is 13.8 Å². The first-order valence-corrected chi connectivity index (χ1v) is 4.53. The van der Waals surface area contributed by atoms with E-state index in [4.69, 9.17) is 0 Å². The number of benzene rings is 2. The number of hydrogen-bond acceptors (Lipinski definition) is 0. The molecule has 2 aromatic carbocycles. The molecule has 0 radical (unpaired) electrons. The second-order valence-electron chi connectivity index (χ2n) is 2.97. The van der Waals surface area contributed by atoms with E-state index in [2.05, 4.69) is 13.8 Å². The van der Waals surface area contributed by atoms with Gasteiger partial charge in [-0.3, -0.25) is 0 Å². The van der Waals surface area contributed by atoms with Gasteiger partial charge in [-0.05, 0) is 0 Å². The van der Waals surface area contributed by atoms with E-state index in [-0.39, 0.29) is 50.7 Å². The topological polar surface area (TPSA) is 0 Å².